The van der Waals surface area contributed by atoms with Crippen molar-refractivity contribution in [3.63, 3.8) is 0 Å². The van der Waals surface area contributed by atoms with Crippen LogP contribution in [-0.4, -0.2) is 45.6 Å². The van der Waals surface area contributed by atoms with Gasteiger partial charge in [-0.05, 0) is 31.2 Å². The van der Waals surface area contributed by atoms with Gasteiger partial charge in [-0.15, -0.1) is 11.3 Å². The molecule has 0 atom stereocenters. The first-order chi connectivity index (χ1) is 12.4. The zero-order valence-electron chi connectivity index (χ0n) is 14.8. The summed E-state index contributed by atoms with van der Waals surface area (Å²) in [6.07, 6.45) is 1.11. The SMILES string of the molecule is CCOC(=O)C1CCN(C(=O)Cn2c(=O)n(C)c(=O)c3sccc32)CC1. The van der Waals surface area contributed by atoms with Crippen molar-refractivity contribution in [2.45, 2.75) is 26.3 Å². The topological polar surface area (TPSA) is 90.6 Å². The van der Waals surface area contributed by atoms with Crippen LogP contribution in [0.25, 0.3) is 10.2 Å². The number of hydrogen-bond acceptors (Lipinski definition) is 6. The molecule has 1 aliphatic heterocycles. The molecule has 1 fully saturated rings. The molecule has 8 nitrogen and oxygen atoms in total. The molecule has 1 amide bonds. The molecule has 1 saturated heterocycles. The first-order valence-corrected chi connectivity index (χ1v) is 9.43. The van der Waals surface area contributed by atoms with E-state index in [0.29, 0.717) is 42.8 Å². The summed E-state index contributed by atoms with van der Waals surface area (Å²) in [5, 5.41) is 1.73. The highest BCUT2D eigenvalue weighted by Crippen LogP contribution is 2.20. The fourth-order valence-electron chi connectivity index (χ4n) is 3.21. The third-order valence-corrected chi connectivity index (χ3v) is 5.60. The number of carbonyl (C=O) groups excluding carboxylic acids is 2. The summed E-state index contributed by atoms with van der Waals surface area (Å²) in [5.74, 6) is -0.586. The number of esters is 1. The van der Waals surface area contributed by atoms with Gasteiger partial charge in [-0.2, -0.15) is 0 Å². The quantitative estimate of drug-likeness (QED) is 0.724. The first-order valence-electron chi connectivity index (χ1n) is 8.55. The highest BCUT2D eigenvalue weighted by atomic mass is 32.1. The minimum Gasteiger partial charge on any atom is -0.466 e. The van der Waals surface area contributed by atoms with Crippen molar-refractivity contribution in [2.75, 3.05) is 19.7 Å². The lowest BCUT2D eigenvalue weighted by Gasteiger charge is -2.31. The van der Waals surface area contributed by atoms with Crippen LogP contribution in [0.2, 0.25) is 0 Å². The van der Waals surface area contributed by atoms with Crippen molar-refractivity contribution in [1.82, 2.24) is 14.0 Å². The van der Waals surface area contributed by atoms with Crippen LogP contribution in [-0.2, 0) is 27.9 Å². The minimum absolute atomic E-state index is 0.121. The Morgan fingerprint density at radius 1 is 1.27 bits per heavy atom. The number of fused-ring (bicyclic) bond motifs is 1. The Bertz CT molecular complexity index is 949. The van der Waals surface area contributed by atoms with Gasteiger partial charge >= 0.3 is 11.7 Å². The fraction of sp³-hybridized carbons (Fsp3) is 0.529. The number of hydrogen-bond donors (Lipinski definition) is 0. The summed E-state index contributed by atoms with van der Waals surface area (Å²) in [6.45, 7) is 2.91. The molecule has 0 saturated carbocycles. The highest BCUT2D eigenvalue weighted by molar-refractivity contribution is 7.17. The van der Waals surface area contributed by atoms with E-state index in [9.17, 15) is 19.2 Å². The van der Waals surface area contributed by atoms with E-state index in [0.717, 1.165) is 4.57 Å². The minimum atomic E-state index is -0.504. The summed E-state index contributed by atoms with van der Waals surface area (Å²) in [7, 11) is 1.41. The monoisotopic (exact) mass is 379 g/mol. The van der Waals surface area contributed by atoms with Crippen molar-refractivity contribution < 1.29 is 14.3 Å². The van der Waals surface area contributed by atoms with E-state index in [4.69, 9.17) is 4.74 Å². The number of piperidine rings is 1. The van der Waals surface area contributed by atoms with E-state index in [1.165, 1.54) is 23.0 Å². The lowest BCUT2D eigenvalue weighted by molar-refractivity contribution is -0.151. The fourth-order valence-corrected chi connectivity index (χ4v) is 4.08. The van der Waals surface area contributed by atoms with Gasteiger partial charge in [0, 0.05) is 20.1 Å². The van der Waals surface area contributed by atoms with Crippen molar-refractivity contribution in [1.29, 1.82) is 0 Å². The molecule has 140 valence electrons. The van der Waals surface area contributed by atoms with Gasteiger partial charge in [0.15, 0.2) is 0 Å². The molecule has 0 radical (unpaired) electrons. The van der Waals surface area contributed by atoms with Crippen LogP contribution >= 0.6 is 11.3 Å². The van der Waals surface area contributed by atoms with Gasteiger partial charge in [0.25, 0.3) is 5.56 Å². The molecule has 9 heteroatoms. The number of ether oxygens (including phenoxy) is 1. The van der Waals surface area contributed by atoms with Gasteiger partial charge in [0.05, 0.1) is 18.0 Å². The smallest absolute Gasteiger partial charge is 0.331 e. The molecular formula is C17H21N3O5S. The zero-order valence-corrected chi connectivity index (χ0v) is 15.6. The largest absolute Gasteiger partial charge is 0.466 e. The number of amides is 1. The van der Waals surface area contributed by atoms with Gasteiger partial charge in [-0.1, -0.05) is 0 Å². The lowest BCUT2D eigenvalue weighted by atomic mass is 9.97. The van der Waals surface area contributed by atoms with E-state index in [1.807, 2.05) is 0 Å². The molecule has 3 heterocycles. The summed E-state index contributed by atoms with van der Waals surface area (Å²) in [4.78, 5) is 50.7. The maximum absolute atomic E-state index is 12.6. The molecular weight excluding hydrogens is 358 g/mol. The third-order valence-electron chi connectivity index (χ3n) is 4.71. The molecule has 0 spiro atoms. The van der Waals surface area contributed by atoms with E-state index in [-0.39, 0.29) is 29.9 Å². The molecule has 3 rings (SSSR count). The maximum atomic E-state index is 12.6. The Hall–Kier alpha value is -2.42. The van der Waals surface area contributed by atoms with E-state index >= 15 is 0 Å². The van der Waals surface area contributed by atoms with Crippen LogP contribution < -0.4 is 11.2 Å². The van der Waals surface area contributed by atoms with Gasteiger partial charge in [-0.25, -0.2) is 4.79 Å². The molecule has 0 aromatic carbocycles. The van der Waals surface area contributed by atoms with Crippen molar-refractivity contribution >= 4 is 33.4 Å². The molecule has 2 aromatic rings. The molecule has 1 aliphatic rings. The number of carbonyl (C=O) groups is 2. The standard InChI is InChI=1S/C17H21N3O5S/c1-3-25-16(23)11-4-7-19(8-5-11)13(21)10-20-12-6-9-26-14(12)15(22)18(2)17(20)24/h6,9,11H,3-5,7-8,10H2,1-2H3. The number of aromatic nitrogens is 2. The number of nitrogens with zero attached hydrogens (tertiary/aromatic N) is 3. The summed E-state index contributed by atoms with van der Waals surface area (Å²) >= 11 is 1.25. The van der Waals surface area contributed by atoms with Gasteiger partial charge < -0.3 is 9.64 Å². The first kappa shape index (κ1) is 18.4. The molecule has 0 bridgehead atoms. The number of rotatable bonds is 4. The average molecular weight is 379 g/mol. The number of likely N-dealkylation sites (tertiary alicyclic amines) is 1. The molecule has 26 heavy (non-hydrogen) atoms. The number of thiophene rings is 1. The Morgan fingerprint density at radius 2 is 1.96 bits per heavy atom. The Morgan fingerprint density at radius 3 is 2.62 bits per heavy atom. The lowest BCUT2D eigenvalue weighted by Crippen LogP contribution is -2.45. The second-order valence-electron chi connectivity index (χ2n) is 6.27. The third kappa shape index (κ3) is 3.31. The Balaban J connectivity index is 1.75. The normalized spacial score (nSPS) is 15.4. The second kappa shape index (κ2) is 7.45. The van der Waals surface area contributed by atoms with Crippen LogP contribution in [0.4, 0.5) is 0 Å². The van der Waals surface area contributed by atoms with Crippen LogP contribution in [0.3, 0.4) is 0 Å². The van der Waals surface area contributed by atoms with Gasteiger partial charge in [-0.3, -0.25) is 23.5 Å². The van der Waals surface area contributed by atoms with Crippen LogP contribution in [0, 0.1) is 5.92 Å². The van der Waals surface area contributed by atoms with E-state index in [1.54, 1.807) is 23.3 Å². The van der Waals surface area contributed by atoms with Crippen LogP contribution in [0.5, 0.6) is 0 Å². The summed E-state index contributed by atoms with van der Waals surface area (Å²) in [5.41, 5.74) is -0.368. The molecule has 2 aromatic heterocycles. The van der Waals surface area contributed by atoms with Crippen molar-refractivity contribution in [2.24, 2.45) is 13.0 Å². The van der Waals surface area contributed by atoms with Crippen LogP contribution in [0.15, 0.2) is 21.0 Å². The van der Waals surface area contributed by atoms with E-state index in [2.05, 4.69) is 0 Å². The predicted octanol–water partition coefficient (Wildman–Crippen LogP) is 0.563. The molecule has 0 aliphatic carbocycles. The zero-order chi connectivity index (χ0) is 18.8. The van der Waals surface area contributed by atoms with Gasteiger partial charge in [0.1, 0.15) is 11.2 Å². The molecule has 0 unspecified atom stereocenters. The summed E-state index contributed by atoms with van der Waals surface area (Å²) < 4.78 is 7.86. The van der Waals surface area contributed by atoms with E-state index < -0.39 is 5.69 Å². The molecule has 0 N–H and O–H groups in total. The van der Waals surface area contributed by atoms with Crippen LogP contribution in [0.1, 0.15) is 19.8 Å². The van der Waals surface area contributed by atoms with Gasteiger partial charge in [0.2, 0.25) is 5.91 Å². The Kier molecular flexibility index (Phi) is 5.26. The maximum Gasteiger partial charge on any atom is 0.331 e. The summed E-state index contributed by atoms with van der Waals surface area (Å²) in [6, 6.07) is 1.68. The Labute approximate surface area is 153 Å². The second-order valence-corrected chi connectivity index (χ2v) is 7.19. The predicted molar refractivity (Wildman–Crippen MR) is 97.3 cm³/mol. The van der Waals surface area contributed by atoms with Crippen molar-refractivity contribution in [3.8, 4) is 0 Å². The van der Waals surface area contributed by atoms with Crippen molar-refractivity contribution in [3.05, 3.63) is 32.3 Å². The average Bonchev–Trinajstić information content (AvgIpc) is 3.13. The highest BCUT2D eigenvalue weighted by Gasteiger charge is 2.28.